The lowest BCUT2D eigenvalue weighted by Gasteiger charge is -2.40. The molecule has 0 aromatic rings. The molecule has 0 amide bonds. The lowest BCUT2D eigenvalue weighted by Crippen LogP contribution is -2.29. The molecule has 0 unspecified atom stereocenters. The van der Waals surface area contributed by atoms with E-state index >= 15 is 0 Å². The van der Waals surface area contributed by atoms with E-state index in [0.29, 0.717) is 25.3 Å². The molecule has 0 aromatic heterocycles. The number of rotatable bonds is 7. The lowest BCUT2D eigenvalue weighted by molar-refractivity contribution is 0.218. The fourth-order valence-corrected chi connectivity index (χ4v) is 3.83. The standard InChI is InChI=1S/C22H32N2O/c1-10-25-18(6)21(24(9)13-11-12-23)19-14-22(7,8)20(15(2)3)17(5)16(19)4/h2,4,6,10-11,13-14H2,1,3,5,7-9H3/b21-19+. The van der Waals surface area contributed by atoms with Gasteiger partial charge in [-0.25, -0.2) is 0 Å². The minimum Gasteiger partial charge on any atom is -0.492 e. The maximum absolute atomic E-state index is 8.94. The van der Waals surface area contributed by atoms with Gasteiger partial charge < -0.3 is 9.64 Å². The summed E-state index contributed by atoms with van der Waals surface area (Å²) >= 11 is 0. The van der Waals surface area contributed by atoms with Gasteiger partial charge in [-0.3, -0.25) is 0 Å². The van der Waals surface area contributed by atoms with Crippen molar-refractivity contribution >= 4 is 0 Å². The molecule has 0 heterocycles. The van der Waals surface area contributed by atoms with Crippen LogP contribution in [0.15, 0.2) is 59.1 Å². The Hall–Kier alpha value is -2.21. The Bertz CT molecular complexity index is 683. The highest BCUT2D eigenvalue weighted by Crippen LogP contribution is 2.49. The molecule has 25 heavy (non-hydrogen) atoms. The molecule has 0 saturated carbocycles. The number of allylic oxidation sites excluding steroid dienone is 5. The minimum absolute atomic E-state index is 0.0414. The molecule has 0 atom stereocenters. The van der Waals surface area contributed by atoms with Crippen LogP contribution >= 0.6 is 0 Å². The normalized spacial score (nSPS) is 18.5. The Morgan fingerprint density at radius 3 is 2.44 bits per heavy atom. The van der Waals surface area contributed by atoms with Crippen LogP contribution in [-0.4, -0.2) is 25.1 Å². The highest BCUT2D eigenvalue weighted by Gasteiger charge is 2.35. The van der Waals surface area contributed by atoms with Crippen molar-refractivity contribution in [3.63, 3.8) is 0 Å². The molecule has 0 radical (unpaired) electrons. The van der Waals surface area contributed by atoms with Crippen molar-refractivity contribution in [1.82, 2.24) is 4.90 Å². The van der Waals surface area contributed by atoms with Gasteiger partial charge >= 0.3 is 0 Å². The number of nitriles is 1. The summed E-state index contributed by atoms with van der Waals surface area (Å²) in [6.45, 7) is 24.4. The summed E-state index contributed by atoms with van der Waals surface area (Å²) in [5, 5.41) is 8.94. The first-order valence-electron chi connectivity index (χ1n) is 8.78. The molecule has 0 saturated heterocycles. The summed E-state index contributed by atoms with van der Waals surface area (Å²) in [6, 6.07) is 2.21. The van der Waals surface area contributed by atoms with Crippen molar-refractivity contribution < 1.29 is 4.74 Å². The maximum Gasteiger partial charge on any atom is 0.135 e. The molecule has 3 heteroatoms. The van der Waals surface area contributed by atoms with Crippen molar-refractivity contribution in [2.45, 2.75) is 47.5 Å². The van der Waals surface area contributed by atoms with E-state index in [4.69, 9.17) is 10.00 Å². The molecular formula is C22H32N2O. The van der Waals surface area contributed by atoms with E-state index in [1.165, 1.54) is 11.1 Å². The van der Waals surface area contributed by atoms with Crippen molar-refractivity contribution in [3.8, 4) is 6.07 Å². The van der Waals surface area contributed by atoms with Gasteiger partial charge in [0.2, 0.25) is 0 Å². The van der Waals surface area contributed by atoms with Gasteiger partial charge in [0.1, 0.15) is 5.76 Å². The van der Waals surface area contributed by atoms with Gasteiger partial charge in [-0.05, 0) is 54.9 Å². The largest absolute Gasteiger partial charge is 0.492 e. The SMILES string of the molecule is C=C(C)C1=C(C)C(=C)/C(=C(\C(=C)OCC)N(C)CCC#N)CC1(C)C. The quantitative estimate of drug-likeness (QED) is 0.573. The molecule has 0 aromatic carbocycles. The van der Waals surface area contributed by atoms with Crippen LogP contribution < -0.4 is 0 Å². The number of nitrogens with zero attached hydrogens (tertiary/aromatic N) is 2. The highest BCUT2D eigenvalue weighted by atomic mass is 16.5. The smallest absolute Gasteiger partial charge is 0.135 e. The molecule has 0 fully saturated rings. The van der Waals surface area contributed by atoms with Crippen molar-refractivity contribution in [3.05, 3.63) is 59.1 Å². The number of hydrogen-bond acceptors (Lipinski definition) is 3. The third-order valence-corrected chi connectivity index (χ3v) is 4.72. The van der Waals surface area contributed by atoms with E-state index in [1.807, 2.05) is 14.0 Å². The maximum atomic E-state index is 8.94. The molecule has 1 aliphatic rings. The van der Waals surface area contributed by atoms with Gasteiger partial charge in [0.15, 0.2) is 0 Å². The zero-order valence-electron chi connectivity index (χ0n) is 16.8. The Balaban J connectivity index is 3.56. The van der Waals surface area contributed by atoms with E-state index in [9.17, 15) is 0 Å². The van der Waals surface area contributed by atoms with E-state index in [0.717, 1.165) is 28.8 Å². The Morgan fingerprint density at radius 1 is 1.36 bits per heavy atom. The average molecular weight is 341 g/mol. The van der Waals surface area contributed by atoms with E-state index in [2.05, 4.69) is 58.4 Å². The zero-order valence-corrected chi connectivity index (χ0v) is 16.8. The minimum atomic E-state index is -0.0414. The first kappa shape index (κ1) is 20.8. The molecule has 0 aliphatic heterocycles. The second-order valence-corrected chi connectivity index (χ2v) is 7.33. The Kier molecular flexibility index (Phi) is 6.87. The van der Waals surface area contributed by atoms with Crippen LogP contribution in [0.2, 0.25) is 0 Å². The summed E-state index contributed by atoms with van der Waals surface area (Å²) in [5.41, 5.74) is 6.61. The van der Waals surface area contributed by atoms with E-state index in [1.54, 1.807) is 0 Å². The third kappa shape index (κ3) is 4.45. The lowest BCUT2D eigenvalue weighted by atomic mass is 9.66. The van der Waals surface area contributed by atoms with Gasteiger partial charge in [-0.15, -0.1) is 0 Å². The van der Waals surface area contributed by atoms with Gasteiger partial charge in [0, 0.05) is 13.6 Å². The molecular weight excluding hydrogens is 308 g/mol. The summed E-state index contributed by atoms with van der Waals surface area (Å²) in [7, 11) is 1.98. The molecule has 0 spiro atoms. The topological polar surface area (TPSA) is 36.3 Å². The van der Waals surface area contributed by atoms with Gasteiger partial charge in [-0.1, -0.05) is 39.2 Å². The summed E-state index contributed by atoms with van der Waals surface area (Å²) in [5.74, 6) is 0.640. The third-order valence-electron chi connectivity index (χ3n) is 4.72. The molecule has 0 bridgehead atoms. The first-order valence-corrected chi connectivity index (χ1v) is 8.78. The fourth-order valence-electron chi connectivity index (χ4n) is 3.83. The van der Waals surface area contributed by atoms with Gasteiger partial charge in [-0.2, -0.15) is 5.26 Å². The zero-order chi connectivity index (χ0) is 19.4. The number of hydrogen-bond donors (Lipinski definition) is 0. The molecule has 0 N–H and O–H groups in total. The van der Waals surface area contributed by atoms with Crippen LogP contribution in [0.25, 0.3) is 0 Å². The number of ether oxygens (including phenoxy) is 1. The van der Waals surface area contributed by atoms with Gasteiger partial charge in [0.05, 0.1) is 24.8 Å². The van der Waals surface area contributed by atoms with Crippen LogP contribution in [0.1, 0.15) is 47.5 Å². The van der Waals surface area contributed by atoms with Crippen LogP contribution in [0.3, 0.4) is 0 Å². The average Bonchev–Trinajstić information content (AvgIpc) is 2.49. The van der Waals surface area contributed by atoms with Crippen molar-refractivity contribution in [2.24, 2.45) is 5.41 Å². The second kappa shape index (κ2) is 8.25. The molecule has 3 nitrogen and oxygen atoms in total. The molecule has 136 valence electrons. The van der Waals surface area contributed by atoms with Crippen LogP contribution in [0, 0.1) is 16.7 Å². The summed E-state index contributed by atoms with van der Waals surface area (Å²) < 4.78 is 5.73. The van der Waals surface area contributed by atoms with Crippen LogP contribution in [0.4, 0.5) is 0 Å². The van der Waals surface area contributed by atoms with E-state index in [-0.39, 0.29) is 5.41 Å². The predicted octanol–water partition coefficient (Wildman–Crippen LogP) is 5.51. The summed E-state index contributed by atoms with van der Waals surface area (Å²) in [6.07, 6.45) is 1.29. The second-order valence-electron chi connectivity index (χ2n) is 7.33. The fraction of sp³-hybridized carbons (Fsp3) is 0.500. The highest BCUT2D eigenvalue weighted by molar-refractivity contribution is 5.59. The monoisotopic (exact) mass is 340 g/mol. The Morgan fingerprint density at radius 2 is 1.96 bits per heavy atom. The van der Waals surface area contributed by atoms with Gasteiger partial charge in [0.25, 0.3) is 0 Å². The first-order chi connectivity index (χ1) is 11.6. The Labute approximate surface area is 153 Å². The number of likely N-dealkylation sites (N-methyl/N-ethyl adjacent to an activating group) is 1. The molecule has 1 rings (SSSR count). The van der Waals surface area contributed by atoms with Crippen LogP contribution in [-0.2, 0) is 4.74 Å². The molecule has 1 aliphatic carbocycles. The van der Waals surface area contributed by atoms with Crippen molar-refractivity contribution in [2.75, 3.05) is 20.2 Å². The van der Waals surface area contributed by atoms with Crippen LogP contribution in [0.5, 0.6) is 0 Å². The summed E-state index contributed by atoms with van der Waals surface area (Å²) in [4.78, 5) is 2.07. The van der Waals surface area contributed by atoms with E-state index < -0.39 is 0 Å². The van der Waals surface area contributed by atoms with Crippen molar-refractivity contribution in [1.29, 1.82) is 5.26 Å². The predicted molar refractivity (Wildman–Crippen MR) is 106 cm³/mol.